The van der Waals surface area contributed by atoms with E-state index in [0.717, 1.165) is 0 Å². The second-order valence-corrected chi connectivity index (χ2v) is 6.52. The number of nitrogens with zero attached hydrogens (tertiary/aromatic N) is 1. The average molecular weight is 302 g/mol. The van der Waals surface area contributed by atoms with Gasteiger partial charge in [0.1, 0.15) is 16.4 Å². The lowest BCUT2D eigenvalue weighted by atomic mass is 10.1. The molecular weight excluding hydrogens is 284 g/mol. The molecule has 1 saturated heterocycles. The minimum absolute atomic E-state index is 0.00800. The van der Waals surface area contributed by atoms with Crippen LogP contribution in [0.4, 0.5) is 5.69 Å². The molecule has 8 heteroatoms. The van der Waals surface area contributed by atoms with Crippen molar-refractivity contribution in [1.29, 1.82) is 0 Å². The summed E-state index contributed by atoms with van der Waals surface area (Å²) in [6, 6.07) is 2.78. The molecule has 1 aliphatic heterocycles. The van der Waals surface area contributed by atoms with Crippen molar-refractivity contribution in [3.8, 4) is 11.5 Å². The monoisotopic (exact) mass is 302 g/mol. The lowest BCUT2D eigenvalue weighted by Gasteiger charge is -2.37. The molecule has 1 aromatic carbocycles. The summed E-state index contributed by atoms with van der Waals surface area (Å²) in [5.41, 5.74) is 5.99. The number of methoxy groups -OCH3 is 2. The van der Waals surface area contributed by atoms with Gasteiger partial charge < -0.3 is 20.3 Å². The van der Waals surface area contributed by atoms with Gasteiger partial charge in [-0.25, -0.2) is 8.42 Å². The maximum Gasteiger partial charge on any atom is 0.246 e. The first kappa shape index (κ1) is 14.9. The molecular formula is C12H18N2O5S. The Labute approximate surface area is 117 Å². The largest absolute Gasteiger partial charge is 0.495 e. The Morgan fingerprint density at radius 2 is 1.90 bits per heavy atom. The van der Waals surface area contributed by atoms with Gasteiger partial charge in [-0.2, -0.15) is 4.31 Å². The molecule has 0 aromatic heterocycles. The molecule has 0 spiro atoms. The van der Waals surface area contributed by atoms with Crippen LogP contribution < -0.4 is 15.2 Å². The predicted octanol–water partition coefficient (Wildman–Crippen LogP) is -0.101. The molecule has 3 N–H and O–H groups in total. The summed E-state index contributed by atoms with van der Waals surface area (Å²) in [6.45, 7) is 0.579. The molecule has 0 unspecified atom stereocenters. The maximum atomic E-state index is 12.5. The Hall–Kier alpha value is -1.51. The minimum Gasteiger partial charge on any atom is -0.495 e. The van der Waals surface area contributed by atoms with E-state index in [2.05, 4.69) is 0 Å². The highest BCUT2D eigenvalue weighted by Gasteiger charge is 2.38. The van der Waals surface area contributed by atoms with Gasteiger partial charge in [0.2, 0.25) is 10.0 Å². The van der Waals surface area contributed by atoms with E-state index in [-0.39, 0.29) is 28.9 Å². The summed E-state index contributed by atoms with van der Waals surface area (Å²) in [5, 5.41) is 8.97. The third kappa shape index (κ3) is 2.41. The molecule has 2 rings (SSSR count). The van der Waals surface area contributed by atoms with Crippen LogP contribution in [0.15, 0.2) is 17.0 Å². The van der Waals surface area contributed by atoms with E-state index in [0.29, 0.717) is 18.8 Å². The fraction of sp³-hybridized carbons (Fsp3) is 0.500. The van der Waals surface area contributed by atoms with Gasteiger partial charge in [-0.3, -0.25) is 0 Å². The summed E-state index contributed by atoms with van der Waals surface area (Å²) in [6.07, 6.45) is 0. The molecule has 20 heavy (non-hydrogen) atoms. The highest BCUT2D eigenvalue weighted by molar-refractivity contribution is 7.89. The van der Waals surface area contributed by atoms with Gasteiger partial charge in [0.05, 0.1) is 19.9 Å². The molecule has 0 amide bonds. The van der Waals surface area contributed by atoms with Gasteiger partial charge in [0, 0.05) is 31.7 Å². The standard InChI is InChI=1S/C12H18N2O5S/c1-18-10-4-11(19-2)12(3-9(10)13)20(16,17)14-5-8(6-14)7-15/h3-4,8,15H,5-7,13H2,1-2H3. The predicted molar refractivity (Wildman–Crippen MR) is 73.3 cm³/mol. The number of nitrogen functional groups attached to an aromatic ring is 1. The third-order valence-electron chi connectivity index (χ3n) is 3.32. The van der Waals surface area contributed by atoms with Crippen LogP contribution in [0.25, 0.3) is 0 Å². The molecule has 112 valence electrons. The van der Waals surface area contributed by atoms with Crippen LogP contribution in [-0.2, 0) is 10.0 Å². The molecule has 0 radical (unpaired) electrons. The van der Waals surface area contributed by atoms with Crippen LogP contribution in [0.3, 0.4) is 0 Å². The van der Waals surface area contributed by atoms with E-state index in [1.807, 2.05) is 0 Å². The van der Waals surface area contributed by atoms with Crippen molar-refractivity contribution in [3.63, 3.8) is 0 Å². The van der Waals surface area contributed by atoms with Crippen molar-refractivity contribution >= 4 is 15.7 Å². The van der Waals surface area contributed by atoms with Gasteiger partial charge in [-0.15, -0.1) is 0 Å². The number of benzene rings is 1. The number of aliphatic hydroxyl groups is 1. The molecule has 1 aliphatic rings. The van der Waals surface area contributed by atoms with Gasteiger partial charge in [0.15, 0.2) is 0 Å². The van der Waals surface area contributed by atoms with Crippen LogP contribution in [0.2, 0.25) is 0 Å². The highest BCUT2D eigenvalue weighted by atomic mass is 32.2. The molecule has 0 saturated carbocycles. The van der Waals surface area contributed by atoms with Crippen molar-refractivity contribution in [2.45, 2.75) is 4.90 Å². The Morgan fingerprint density at radius 3 is 2.40 bits per heavy atom. The number of sulfonamides is 1. The molecule has 1 fully saturated rings. The quantitative estimate of drug-likeness (QED) is 0.736. The first-order valence-electron chi connectivity index (χ1n) is 6.06. The first-order chi connectivity index (χ1) is 9.43. The Morgan fingerprint density at radius 1 is 1.30 bits per heavy atom. The van der Waals surface area contributed by atoms with E-state index >= 15 is 0 Å². The zero-order chi connectivity index (χ0) is 14.9. The van der Waals surface area contributed by atoms with E-state index in [1.165, 1.54) is 30.7 Å². The first-order valence-corrected chi connectivity index (χ1v) is 7.50. The van der Waals surface area contributed by atoms with Crippen molar-refractivity contribution < 1.29 is 23.0 Å². The van der Waals surface area contributed by atoms with Crippen LogP contribution in [0, 0.1) is 5.92 Å². The Kier molecular flexibility index (Phi) is 4.07. The fourth-order valence-electron chi connectivity index (χ4n) is 2.07. The minimum atomic E-state index is -3.67. The lowest BCUT2D eigenvalue weighted by Crippen LogP contribution is -2.51. The van der Waals surface area contributed by atoms with Crippen molar-refractivity contribution in [2.75, 3.05) is 39.6 Å². The number of rotatable bonds is 5. The molecule has 1 aromatic rings. The van der Waals surface area contributed by atoms with Crippen molar-refractivity contribution in [3.05, 3.63) is 12.1 Å². The summed E-state index contributed by atoms with van der Waals surface area (Å²) < 4.78 is 36.4. The average Bonchev–Trinajstić information content (AvgIpc) is 2.36. The molecule has 7 nitrogen and oxygen atoms in total. The number of nitrogens with two attached hydrogens (primary N) is 1. The smallest absolute Gasteiger partial charge is 0.246 e. The van der Waals surface area contributed by atoms with E-state index < -0.39 is 10.0 Å². The van der Waals surface area contributed by atoms with E-state index in [4.69, 9.17) is 20.3 Å². The molecule has 0 atom stereocenters. The number of hydrogen-bond acceptors (Lipinski definition) is 6. The maximum absolute atomic E-state index is 12.5. The molecule has 0 aliphatic carbocycles. The van der Waals surface area contributed by atoms with Crippen molar-refractivity contribution in [1.82, 2.24) is 4.31 Å². The Bertz CT molecular complexity index is 596. The van der Waals surface area contributed by atoms with Crippen molar-refractivity contribution in [2.24, 2.45) is 5.92 Å². The second kappa shape index (κ2) is 5.47. The lowest BCUT2D eigenvalue weighted by molar-refractivity contribution is 0.117. The van der Waals surface area contributed by atoms with Crippen LogP contribution in [-0.4, -0.2) is 51.7 Å². The van der Waals surface area contributed by atoms with Gasteiger partial charge in [0.25, 0.3) is 0 Å². The van der Waals surface area contributed by atoms with Crippen LogP contribution in [0.1, 0.15) is 0 Å². The van der Waals surface area contributed by atoms with E-state index in [1.54, 1.807) is 0 Å². The number of hydrogen-bond donors (Lipinski definition) is 2. The molecule has 0 bridgehead atoms. The van der Waals surface area contributed by atoms with Gasteiger partial charge in [-0.05, 0) is 6.07 Å². The number of ether oxygens (including phenoxy) is 2. The van der Waals surface area contributed by atoms with Gasteiger partial charge >= 0.3 is 0 Å². The van der Waals surface area contributed by atoms with Crippen LogP contribution >= 0.6 is 0 Å². The SMILES string of the molecule is COc1cc(OC)c(S(=O)(=O)N2CC(CO)C2)cc1N. The summed E-state index contributed by atoms with van der Waals surface area (Å²) in [4.78, 5) is 0.00897. The highest BCUT2D eigenvalue weighted by Crippen LogP contribution is 2.36. The zero-order valence-corrected chi connectivity index (χ0v) is 12.2. The number of aliphatic hydroxyl groups excluding tert-OH is 1. The van der Waals surface area contributed by atoms with Gasteiger partial charge in [-0.1, -0.05) is 0 Å². The van der Waals surface area contributed by atoms with Crippen LogP contribution in [0.5, 0.6) is 11.5 Å². The third-order valence-corrected chi connectivity index (χ3v) is 5.17. The Balaban J connectivity index is 2.39. The number of anilines is 1. The normalized spacial score (nSPS) is 16.8. The zero-order valence-electron chi connectivity index (χ0n) is 11.4. The topological polar surface area (TPSA) is 102 Å². The summed E-state index contributed by atoms with van der Waals surface area (Å²) in [7, 11) is -0.843. The summed E-state index contributed by atoms with van der Waals surface area (Å²) >= 11 is 0. The second-order valence-electron chi connectivity index (χ2n) is 4.62. The van der Waals surface area contributed by atoms with E-state index in [9.17, 15) is 8.42 Å². The molecule has 1 heterocycles. The summed E-state index contributed by atoms with van der Waals surface area (Å²) in [5.74, 6) is 0.535. The fourth-order valence-corrected chi connectivity index (χ4v) is 3.83.